The summed E-state index contributed by atoms with van der Waals surface area (Å²) in [5, 5.41) is 3.28. The van der Waals surface area contributed by atoms with Gasteiger partial charge in [0.15, 0.2) is 0 Å². The molecule has 1 aliphatic carbocycles. The summed E-state index contributed by atoms with van der Waals surface area (Å²) in [6.45, 7) is 1.92. The minimum Gasteiger partial charge on any atom is -0.324 e. The molecule has 114 valence electrons. The molecule has 0 fully saturated rings. The monoisotopic (exact) mass is 331 g/mol. The van der Waals surface area contributed by atoms with Gasteiger partial charge in [-0.1, -0.05) is 29.8 Å². The minimum absolute atomic E-state index is 0.0291. The Morgan fingerprint density at radius 2 is 1.95 bits per heavy atom. The molecule has 0 saturated heterocycles. The number of hydrogen-bond acceptors (Lipinski definition) is 2. The first-order chi connectivity index (χ1) is 10.6. The first-order valence-corrected chi connectivity index (χ1v) is 8.73. The van der Waals surface area contributed by atoms with Gasteiger partial charge < -0.3 is 5.32 Å². The lowest BCUT2D eigenvalue weighted by Crippen LogP contribution is -2.22. The Bertz CT molecular complexity index is 701. The fourth-order valence-electron chi connectivity index (χ4n) is 2.68. The van der Waals surface area contributed by atoms with E-state index in [1.165, 1.54) is 24.0 Å². The van der Waals surface area contributed by atoms with Crippen molar-refractivity contribution in [3.8, 4) is 0 Å². The van der Waals surface area contributed by atoms with Crippen molar-refractivity contribution in [2.24, 2.45) is 0 Å². The molecule has 0 heterocycles. The topological polar surface area (TPSA) is 29.1 Å². The summed E-state index contributed by atoms with van der Waals surface area (Å²) in [6, 6.07) is 13.8. The molecule has 2 aromatic rings. The SMILES string of the molecule is C[C@H](Sc1ccc2c(c1)CCC2)C(=O)Nc1ccccc1Cl. The highest BCUT2D eigenvalue weighted by atomic mass is 35.5. The molecule has 0 radical (unpaired) electrons. The predicted molar refractivity (Wildman–Crippen MR) is 93.9 cm³/mol. The van der Waals surface area contributed by atoms with Crippen LogP contribution < -0.4 is 5.32 Å². The van der Waals surface area contributed by atoms with Crippen LogP contribution in [0.3, 0.4) is 0 Å². The van der Waals surface area contributed by atoms with E-state index in [0.29, 0.717) is 10.7 Å². The van der Waals surface area contributed by atoms with E-state index in [2.05, 4.69) is 23.5 Å². The number of carbonyl (C=O) groups excluding carboxylic acids is 1. The molecule has 0 spiro atoms. The standard InChI is InChI=1S/C18H18ClNOS/c1-12(18(21)20-17-8-3-2-7-16(17)19)22-15-10-9-13-5-4-6-14(13)11-15/h2-3,7-12H,4-6H2,1H3,(H,20,21)/t12-/m0/s1. The van der Waals surface area contributed by atoms with E-state index in [1.807, 2.05) is 25.1 Å². The van der Waals surface area contributed by atoms with Crippen molar-refractivity contribution in [2.45, 2.75) is 36.3 Å². The second-order valence-corrected chi connectivity index (χ2v) is 7.33. The number of rotatable bonds is 4. The Balaban J connectivity index is 1.65. The number of benzene rings is 2. The zero-order valence-electron chi connectivity index (χ0n) is 12.4. The second kappa shape index (κ2) is 6.76. The van der Waals surface area contributed by atoms with Crippen molar-refractivity contribution in [3.05, 3.63) is 58.6 Å². The first-order valence-electron chi connectivity index (χ1n) is 7.47. The number of hydrogen-bond donors (Lipinski definition) is 1. The fourth-order valence-corrected chi connectivity index (χ4v) is 3.79. The largest absolute Gasteiger partial charge is 0.324 e. The van der Waals surface area contributed by atoms with Crippen molar-refractivity contribution in [1.29, 1.82) is 0 Å². The summed E-state index contributed by atoms with van der Waals surface area (Å²) in [6.07, 6.45) is 3.58. The van der Waals surface area contributed by atoms with Gasteiger partial charge >= 0.3 is 0 Å². The Morgan fingerprint density at radius 1 is 1.18 bits per heavy atom. The summed E-state index contributed by atoms with van der Waals surface area (Å²) >= 11 is 7.66. The third kappa shape index (κ3) is 3.47. The molecular weight excluding hydrogens is 314 g/mol. The Labute approximate surface area is 140 Å². The lowest BCUT2D eigenvalue weighted by molar-refractivity contribution is -0.115. The molecule has 0 saturated carbocycles. The minimum atomic E-state index is -0.171. The van der Waals surface area contributed by atoms with Gasteiger partial charge in [-0.25, -0.2) is 0 Å². The van der Waals surface area contributed by atoms with Crippen molar-refractivity contribution in [1.82, 2.24) is 0 Å². The molecule has 2 nitrogen and oxygen atoms in total. The molecule has 0 unspecified atom stereocenters. The van der Waals surface area contributed by atoms with Gasteiger partial charge in [-0.2, -0.15) is 0 Å². The molecule has 1 atom stereocenters. The zero-order valence-corrected chi connectivity index (χ0v) is 14.0. The number of fused-ring (bicyclic) bond motifs is 1. The summed E-state index contributed by atoms with van der Waals surface area (Å²) in [7, 11) is 0. The highest BCUT2D eigenvalue weighted by molar-refractivity contribution is 8.00. The molecule has 0 aliphatic heterocycles. The van der Waals surface area contributed by atoms with Crippen LogP contribution >= 0.6 is 23.4 Å². The van der Waals surface area contributed by atoms with Crippen molar-refractivity contribution in [3.63, 3.8) is 0 Å². The summed E-state index contributed by atoms with van der Waals surface area (Å²) in [5.41, 5.74) is 3.55. The molecule has 2 aromatic carbocycles. The summed E-state index contributed by atoms with van der Waals surface area (Å²) < 4.78 is 0. The highest BCUT2D eigenvalue weighted by Crippen LogP contribution is 2.30. The second-order valence-electron chi connectivity index (χ2n) is 5.51. The van der Waals surface area contributed by atoms with Gasteiger partial charge in [0.05, 0.1) is 16.0 Å². The molecule has 0 aromatic heterocycles. The number of nitrogens with one attached hydrogen (secondary N) is 1. The maximum absolute atomic E-state index is 12.3. The van der Waals surface area contributed by atoms with Crippen LogP contribution in [0.15, 0.2) is 47.4 Å². The predicted octanol–water partition coefficient (Wildman–Crippen LogP) is 4.95. The van der Waals surface area contributed by atoms with E-state index < -0.39 is 0 Å². The Hall–Kier alpha value is -1.45. The van der Waals surface area contributed by atoms with E-state index in [0.717, 1.165) is 11.3 Å². The van der Waals surface area contributed by atoms with Gasteiger partial charge in [0.25, 0.3) is 0 Å². The van der Waals surface area contributed by atoms with Gasteiger partial charge in [0, 0.05) is 4.90 Å². The summed E-state index contributed by atoms with van der Waals surface area (Å²) in [4.78, 5) is 13.5. The average molecular weight is 332 g/mol. The number of para-hydroxylation sites is 1. The van der Waals surface area contributed by atoms with Crippen molar-refractivity contribution >= 4 is 35.0 Å². The molecule has 0 bridgehead atoms. The van der Waals surface area contributed by atoms with Crippen LogP contribution in [0.2, 0.25) is 5.02 Å². The normalized spacial score (nSPS) is 14.5. The maximum Gasteiger partial charge on any atom is 0.237 e. The van der Waals surface area contributed by atoms with Gasteiger partial charge in [0.1, 0.15) is 0 Å². The molecule has 4 heteroatoms. The Morgan fingerprint density at radius 3 is 2.77 bits per heavy atom. The van der Waals surface area contributed by atoms with Crippen molar-refractivity contribution in [2.75, 3.05) is 5.32 Å². The van der Waals surface area contributed by atoms with Crippen LogP contribution in [-0.2, 0) is 17.6 Å². The number of anilines is 1. The zero-order chi connectivity index (χ0) is 15.5. The number of carbonyl (C=O) groups is 1. The molecule has 1 N–H and O–H groups in total. The van der Waals surface area contributed by atoms with E-state index in [1.54, 1.807) is 17.8 Å². The first kappa shape index (κ1) is 15.4. The quantitative estimate of drug-likeness (QED) is 0.803. The highest BCUT2D eigenvalue weighted by Gasteiger charge is 2.17. The van der Waals surface area contributed by atoms with Crippen LogP contribution in [0.1, 0.15) is 24.5 Å². The fraction of sp³-hybridized carbons (Fsp3) is 0.278. The van der Waals surface area contributed by atoms with E-state index in [-0.39, 0.29) is 11.2 Å². The number of amides is 1. The lowest BCUT2D eigenvalue weighted by Gasteiger charge is -2.13. The van der Waals surface area contributed by atoms with Crippen LogP contribution in [0.5, 0.6) is 0 Å². The van der Waals surface area contributed by atoms with Gasteiger partial charge in [0.2, 0.25) is 5.91 Å². The molecule has 1 aliphatic rings. The lowest BCUT2D eigenvalue weighted by atomic mass is 10.1. The van der Waals surface area contributed by atoms with E-state index in [9.17, 15) is 4.79 Å². The Kier molecular flexibility index (Phi) is 4.74. The van der Waals surface area contributed by atoms with E-state index in [4.69, 9.17) is 11.6 Å². The van der Waals surface area contributed by atoms with Crippen LogP contribution in [0.4, 0.5) is 5.69 Å². The van der Waals surface area contributed by atoms with Crippen LogP contribution in [0, 0.1) is 0 Å². The molecule has 22 heavy (non-hydrogen) atoms. The van der Waals surface area contributed by atoms with Crippen LogP contribution in [0.25, 0.3) is 0 Å². The number of halogens is 1. The third-order valence-electron chi connectivity index (χ3n) is 3.88. The van der Waals surface area contributed by atoms with Gasteiger partial charge in [-0.15, -0.1) is 11.8 Å². The summed E-state index contributed by atoms with van der Waals surface area (Å²) in [5.74, 6) is -0.0291. The third-order valence-corrected chi connectivity index (χ3v) is 5.31. The van der Waals surface area contributed by atoms with Gasteiger partial charge in [-0.05, 0) is 61.6 Å². The molecule has 3 rings (SSSR count). The average Bonchev–Trinajstić information content (AvgIpc) is 2.97. The van der Waals surface area contributed by atoms with Crippen molar-refractivity contribution < 1.29 is 4.79 Å². The maximum atomic E-state index is 12.3. The van der Waals surface area contributed by atoms with Gasteiger partial charge in [-0.3, -0.25) is 4.79 Å². The van der Waals surface area contributed by atoms with E-state index >= 15 is 0 Å². The van der Waals surface area contributed by atoms with Crippen LogP contribution in [-0.4, -0.2) is 11.2 Å². The number of aryl methyl sites for hydroxylation is 2. The molecular formula is C18H18ClNOS. The number of thioether (sulfide) groups is 1. The molecule has 1 amide bonds. The smallest absolute Gasteiger partial charge is 0.237 e.